The van der Waals surface area contributed by atoms with E-state index in [2.05, 4.69) is 72.3 Å². The molecular weight excluding hydrogens is 346 g/mol. The number of nitrogens with zero attached hydrogens (tertiary/aromatic N) is 2. The van der Waals surface area contributed by atoms with Gasteiger partial charge in [-0.1, -0.05) is 30.3 Å². The van der Waals surface area contributed by atoms with Gasteiger partial charge in [-0.05, 0) is 56.5 Å². The Morgan fingerprint density at radius 2 is 1.57 bits per heavy atom. The number of rotatable bonds is 3. The molecule has 28 heavy (non-hydrogen) atoms. The van der Waals surface area contributed by atoms with Crippen LogP contribution in [0.15, 0.2) is 54.6 Å². The van der Waals surface area contributed by atoms with E-state index in [0.29, 0.717) is 11.8 Å². The van der Waals surface area contributed by atoms with Crippen molar-refractivity contribution in [1.82, 2.24) is 14.9 Å². The van der Waals surface area contributed by atoms with Crippen LogP contribution in [0.3, 0.4) is 0 Å². The molecule has 4 heteroatoms. The predicted octanol–water partition coefficient (Wildman–Crippen LogP) is 3.97. The molecule has 2 atom stereocenters. The van der Waals surface area contributed by atoms with Crippen LogP contribution < -0.4 is 5.32 Å². The second kappa shape index (κ2) is 6.57. The molecule has 2 N–H and O–H groups in total. The monoisotopic (exact) mass is 373 g/mol. The number of nitrogens with one attached hydrogen (secondary N) is 1. The van der Waals surface area contributed by atoms with Crippen molar-refractivity contribution in [3.8, 4) is 17.1 Å². The van der Waals surface area contributed by atoms with Gasteiger partial charge in [-0.2, -0.15) is 0 Å². The normalized spacial score (nSPS) is 26.5. The average Bonchev–Trinajstić information content (AvgIpc) is 3.09. The van der Waals surface area contributed by atoms with Gasteiger partial charge in [0.2, 0.25) is 0 Å². The Bertz CT molecular complexity index is 969. The number of fused-ring (bicyclic) bond motifs is 2. The van der Waals surface area contributed by atoms with E-state index in [1.165, 1.54) is 11.4 Å². The Kier molecular flexibility index (Phi) is 4.14. The molecule has 5 rings (SSSR count). The quantitative estimate of drug-likeness (QED) is 0.730. The third kappa shape index (κ3) is 2.63. The van der Waals surface area contributed by atoms with Gasteiger partial charge in [-0.15, -0.1) is 0 Å². The van der Waals surface area contributed by atoms with E-state index in [9.17, 15) is 5.11 Å². The zero-order chi connectivity index (χ0) is 19.3. The van der Waals surface area contributed by atoms with Crippen LogP contribution in [0.4, 0.5) is 0 Å². The van der Waals surface area contributed by atoms with E-state index in [1.807, 2.05) is 6.07 Å². The summed E-state index contributed by atoms with van der Waals surface area (Å²) in [6, 6.07) is 18.8. The summed E-state index contributed by atoms with van der Waals surface area (Å²) in [5.74, 6) is 1.58. The summed E-state index contributed by atoms with van der Waals surface area (Å²) in [5.41, 5.74) is 4.77. The van der Waals surface area contributed by atoms with E-state index in [1.54, 1.807) is 0 Å². The number of hydrogen-bond donors (Lipinski definition) is 2. The van der Waals surface area contributed by atoms with Crippen molar-refractivity contribution in [3.63, 3.8) is 0 Å². The maximum Gasteiger partial charge on any atom is 0.137 e. The minimum atomic E-state index is -0.682. The lowest BCUT2D eigenvalue weighted by Crippen LogP contribution is -2.49. The lowest BCUT2D eigenvalue weighted by atomic mass is 9.76. The lowest BCUT2D eigenvalue weighted by molar-refractivity contribution is -0.0576. The van der Waals surface area contributed by atoms with Crippen LogP contribution in [0.25, 0.3) is 17.1 Å². The molecule has 2 aromatic heterocycles. The van der Waals surface area contributed by atoms with Crippen molar-refractivity contribution in [2.24, 2.45) is 11.8 Å². The molecular formula is C24H27N3O. The first kappa shape index (κ1) is 17.7. The summed E-state index contributed by atoms with van der Waals surface area (Å²) in [5, 5.41) is 14.9. The number of aryl methyl sites for hydroxylation is 2. The molecule has 3 aromatic rings. The van der Waals surface area contributed by atoms with Crippen molar-refractivity contribution in [1.29, 1.82) is 0 Å². The molecule has 1 saturated carbocycles. The first-order valence-electron chi connectivity index (χ1n) is 10.2. The molecule has 3 heterocycles. The van der Waals surface area contributed by atoms with Gasteiger partial charge in [-0.25, -0.2) is 4.98 Å². The van der Waals surface area contributed by atoms with E-state index in [4.69, 9.17) is 4.98 Å². The number of piperidine rings is 1. The molecule has 1 aliphatic heterocycles. The SMILES string of the molecule is Cc1ccc(C)n1-c1cccc(-c2ccc(C3(O)C4CCC3CNC4)cc2)n1. The highest BCUT2D eigenvalue weighted by Gasteiger charge is 2.51. The number of hydrogen-bond acceptors (Lipinski definition) is 3. The third-order valence-corrected chi connectivity index (χ3v) is 6.77. The summed E-state index contributed by atoms with van der Waals surface area (Å²) in [7, 11) is 0. The molecule has 2 unspecified atom stereocenters. The highest BCUT2D eigenvalue weighted by atomic mass is 16.3. The fourth-order valence-corrected chi connectivity index (χ4v) is 5.24. The maximum atomic E-state index is 11.5. The van der Waals surface area contributed by atoms with E-state index in [-0.39, 0.29) is 0 Å². The van der Waals surface area contributed by atoms with Crippen LogP contribution in [0.2, 0.25) is 0 Å². The molecule has 0 radical (unpaired) electrons. The van der Waals surface area contributed by atoms with Gasteiger partial charge in [0, 0.05) is 41.9 Å². The Morgan fingerprint density at radius 3 is 2.21 bits per heavy atom. The summed E-state index contributed by atoms with van der Waals surface area (Å²) >= 11 is 0. The van der Waals surface area contributed by atoms with Gasteiger partial charge < -0.3 is 15.0 Å². The van der Waals surface area contributed by atoms with Crippen LogP contribution in [-0.2, 0) is 5.60 Å². The second-order valence-electron chi connectivity index (χ2n) is 8.36. The van der Waals surface area contributed by atoms with E-state index >= 15 is 0 Å². The number of aliphatic hydroxyl groups is 1. The molecule has 0 amide bonds. The van der Waals surface area contributed by atoms with Gasteiger partial charge in [0.1, 0.15) is 5.82 Å². The summed E-state index contributed by atoms with van der Waals surface area (Å²) in [6.45, 7) is 6.02. The fraction of sp³-hybridized carbons (Fsp3) is 0.375. The van der Waals surface area contributed by atoms with Crippen molar-refractivity contribution in [2.45, 2.75) is 32.3 Å². The van der Waals surface area contributed by atoms with Gasteiger partial charge in [0.05, 0.1) is 11.3 Å². The largest absolute Gasteiger partial charge is 0.384 e. The second-order valence-corrected chi connectivity index (χ2v) is 8.36. The molecule has 1 aromatic carbocycles. The predicted molar refractivity (Wildman–Crippen MR) is 111 cm³/mol. The molecule has 1 aliphatic carbocycles. The molecule has 2 aliphatic rings. The molecule has 2 bridgehead atoms. The highest BCUT2D eigenvalue weighted by Crippen LogP contribution is 2.49. The number of aromatic nitrogens is 2. The van der Waals surface area contributed by atoms with Gasteiger partial charge in [0.25, 0.3) is 0 Å². The minimum Gasteiger partial charge on any atom is -0.384 e. The van der Waals surface area contributed by atoms with Crippen molar-refractivity contribution in [2.75, 3.05) is 13.1 Å². The van der Waals surface area contributed by atoms with Crippen molar-refractivity contribution < 1.29 is 5.11 Å². The summed E-state index contributed by atoms with van der Waals surface area (Å²) in [4.78, 5) is 4.90. The van der Waals surface area contributed by atoms with E-state index < -0.39 is 5.60 Å². The molecule has 2 fully saturated rings. The zero-order valence-corrected chi connectivity index (χ0v) is 16.5. The summed E-state index contributed by atoms with van der Waals surface area (Å²) < 4.78 is 2.17. The summed E-state index contributed by atoms with van der Waals surface area (Å²) in [6.07, 6.45) is 2.21. The first-order valence-corrected chi connectivity index (χ1v) is 10.2. The van der Waals surface area contributed by atoms with Crippen LogP contribution in [-0.4, -0.2) is 27.7 Å². The molecule has 144 valence electrons. The highest BCUT2D eigenvalue weighted by molar-refractivity contribution is 5.61. The Balaban J connectivity index is 1.48. The van der Waals surface area contributed by atoms with Gasteiger partial charge in [-0.3, -0.25) is 0 Å². The zero-order valence-electron chi connectivity index (χ0n) is 16.5. The third-order valence-electron chi connectivity index (χ3n) is 6.77. The van der Waals surface area contributed by atoms with Gasteiger partial charge in [0.15, 0.2) is 0 Å². The number of pyridine rings is 1. The Hall–Kier alpha value is -2.43. The van der Waals surface area contributed by atoms with Crippen molar-refractivity contribution >= 4 is 0 Å². The smallest absolute Gasteiger partial charge is 0.137 e. The fourth-order valence-electron chi connectivity index (χ4n) is 5.24. The molecule has 1 saturated heterocycles. The van der Waals surface area contributed by atoms with Crippen LogP contribution in [0.1, 0.15) is 29.8 Å². The topological polar surface area (TPSA) is 50.1 Å². The van der Waals surface area contributed by atoms with E-state index in [0.717, 1.165) is 48.6 Å². The first-order chi connectivity index (χ1) is 13.6. The van der Waals surface area contributed by atoms with Gasteiger partial charge >= 0.3 is 0 Å². The Morgan fingerprint density at radius 1 is 0.929 bits per heavy atom. The molecule has 4 nitrogen and oxygen atoms in total. The maximum absolute atomic E-state index is 11.5. The minimum absolute atomic E-state index is 0.318. The van der Waals surface area contributed by atoms with Crippen LogP contribution in [0.5, 0.6) is 0 Å². The number of benzene rings is 1. The standard InChI is InChI=1S/C24H27N3O/c1-16-6-7-17(2)27(16)23-5-3-4-22(26-23)18-8-10-19(11-9-18)24(28)20-12-13-21(24)15-25-14-20/h3-11,20-21,25,28H,12-15H2,1-2H3. The van der Waals surface area contributed by atoms with Crippen molar-refractivity contribution in [3.05, 3.63) is 71.5 Å². The van der Waals surface area contributed by atoms with Crippen LogP contribution >= 0.6 is 0 Å². The average molecular weight is 374 g/mol. The Labute approximate surface area is 166 Å². The molecule has 0 spiro atoms. The lowest BCUT2D eigenvalue weighted by Gasteiger charge is -2.40. The van der Waals surface area contributed by atoms with Crippen LogP contribution in [0, 0.1) is 25.7 Å².